The van der Waals surface area contributed by atoms with E-state index in [1.165, 1.54) is 35.9 Å². The number of H-pyrrole nitrogens is 1. The van der Waals surface area contributed by atoms with E-state index >= 15 is 0 Å². The van der Waals surface area contributed by atoms with E-state index in [1.54, 1.807) is 11.3 Å². The summed E-state index contributed by atoms with van der Waals surface area (Å²) < 4.78 is 11.0. The maximum atomic E-state index is 6.14. The Labute approximate surface area is 156 Å². The van der Waals surface area contributed by atoms with Crippen LogP contribution in [0.4, 0.5) is 0 Å². The molecule has 26 heavy (non-hydrogen) atoms. The molecule has 0 fully saturated rings. The predicted octanol–water partition coefficient (Wildman–Crippen LogP) is 7.62. The van der Waals surface area contributed by atoms with E-state index in [-0.39, 0.29) is 0 Å². The highest BCUT2D eigenvalue weighted by atomic mass is 32.1. The third-order valence-electron chi connectivity index (χ3n) is 4.72. The van der Waals surface area contributed by atoms with Gasteiger partial charge in [-0.05, 0) is 42.5 Å². The summed E-state index contributed by atoms with van der Waals surface area (Å²) in [6.45, 7) is 0. The van der Waals surface area contributed by atoms with Gasteiger partial charge in [0.05, 0.1) is 29.8 Å². The normalized spacial score (nSPS) is 11.8. The van der Waals surface area contributed by atoms with Crippen molar-refractivity contribution in [2.75, 3.05) is 0 Å². The molecule has 4 heteroatoms. The number of benzene rings is 4. The molecule has 0 saturated carbocycles. The molecule has 6 rings (SSSR count). The van der Waals surface area contributed by atoms with Crippen LogP contribution < -0.4 is 0 Å². The van der Waals surface area contributed by atoms with Crippen LogP contribution in [0.15, 0.2) is 77.2 Å². The third kappa shape index (κ3) is 2.03. The Morgan fingerprint density at radius 3 is 2.38 bits per heavy atom. The molecule has 0 bridgehead atoms. The Balaban J connectivity index is 1.80. The zero-order chi connectivity index (χ0) is 17.1. The molecule has 1 N–H and O–H groups in total. The summed E-state index contributed by atoms with van der Waals surface area (Å²) in [5, 5.41) is 2.46. The number of hydrogen-bond acceptors (Lipinski definition) is 3. The van der Waals surface area contributed by atoms with Gasteiger partial charge in [0.1, 0.15) is 11.2 Å². The van der Waals surface area contributed by atoms with Gasteiger partial charge in [0, 0.05) is 10.8 Å². The third-order valence-corrected chi connectivity index (χ3v) is 7.04. The first-order valence-electron chi connectivity index (χ1n) is 8.45. The van der Waals surface area contributed by atoms with Crippen LogP contribution in [0.2, 0.25) is 0 Å². The average Bonchev–Trinajstić information content (AvgIpc) is 2.70. The van der Waals surface area contributed by atoms with Crippen molar-refractivity contribution in [3.8, 4) is 0 Å². The van der Waals surface area contributed by atoms with E-state index in [4.69, 9.17) is 4.42 Å². The summed E-state index contributed by atoms with van der Waals surface area (Å²) in [5.41, 5.74) is 4.23. The molecule has 0 aliphatic carbocycles. The highest BCUT2D eigenvalue weighted by molar-refractivity contribution is 7.25. The topological polar surface area (TPSA) is 28.9 Å². The van der Waals surface area contributed by atoms with Crippen molar-refractivity contribution in [2.45, 2.75) is 0 Å². The molecule has 0 saturated heterocycles. The van der Waals surface area contributed by atoms with Crippen molar-refractivity contribution >= 4 is 74.4 Å². The number of aromatic amines is 1. The Bertz CT molecular complexity index is 1380. The fourth-order valence-corrected chi connectivity index (χ4v) is 5.58. The molecule has 2 heterocycles. The predicted molar refractivity (Wildman–Crippen MR) is 114 cm³/mol. The zero-order valence-corrected chi connectivity index (χ0v) is 15.3. The highest BCUT2D eigenvalue weighted by Crippen LogP contribution is 2.37. The minimum absolute atomic E-state index is 0.935. The molecule has 2 nitrogen and oxygen atoms in total. The van der Waals surface area contributed by atoms with E-state index in [0.29, 0.717) is 0 Å². The van der Waals surface area contributed by atoms with Crippen LogP contribution in [0.1, 0.15) is 0 Å². The molecule has 0 aliphatic rings. The summed E-state index contributed by atoms with van der Waals surface area (Å²) in [5.74, 6) is 0. The van der Waals surface area contributed by atoms with Gasteiger partial charge in [0.15, 0.2) is 0 Å². The van der Waals surface area contributed by atoms with Gasteiger partial charge in [0.2, 0.25) is 0 Å². The SMILES string of the molecule is c1ccc2sc3ccc4c(ccc5oc6ccccc6sc54)c3[nH]c2c1. The molecule has 0 amide bonds. The lowest BCUT2D eigenvalue weighted by molar-refractivity contribution is 0.663. The molecule has 4 aromatic carbocycles. The second kappa shape index (κ2) is 5.34. The summed E-state index contributed by atoms with van der Waals surface area (Å²) in [7, 11) is 0. The van der Waals surface area contributed by atoms with Crippen LogP contribution in [0.25, 0.3) is 51.8 Å². The smallest absolute Gasteiger partial charge is 0.145 e. The van der Waals surface area contributed by atoms with Gasteiger partial charge in [-0.15, -0.1) is 22.7 Å². The van der Waals surface area contributed by atoms with Crippen LogP contribution in [0, 0.1) is 0 Å². The lowest BCUT2D eigenvalue weighted by Crippen LogP contribution is -1.84. The van der Waals surface area contributed by atoms with Crippen molar-refractivity contribution in [1.29, 1.82) is 0 Å². The van der Waals surface area contributed by atoms with Gasteiger partial charge in [-0.2, -0.15) is 0 Å². The minimum atomic E-state index is 0.935. The molecule has 0 radical (unpaired) electrons. The Hall–Kier alpha value is -2.82. The molecular formula is C22H13NOS2. The highest BCUT2D eigenvalue weighted by Gasteiger charge is 2.09. The van der Waals surface area contributed by atoms with Crippen LogP contribution in [-0.2, 0) is 0 Å². The lowest BCUT2D eigenvalue weighted by Gasteiger charge is -2.09. The summed E-state index contributed by atoms with van der Waals surface area (Å²) >= 11 is 3.61. The molecule has 6 aromatic rings. The zero-order valence-electron chi connectivity index (χ0n) is 13.7. The van der Waals surface area contributed by atoms with Gasteiger partial charge in [0.25, 0.3) is 0 Å². The monoisotopic (exact) mass is 371 g/mol. The standard InChI is InChI=1S/C22H13NOS2/c1-3-7-18-15(5-1)23-21-13-9-11-17-22(14(13)10-12-20(21)25-18)26-19-8-4-2-6-16(19)24-17/h1-12,23H. The number of aromatic nitrogens is 1. The van der Waals surface area contributed by atoms with E-state index in [1.807, 2.05) is 23.5 Å². The second-order valence-electron chi connectivity index (χ2n) is 6.30. The number of para-hydroxylation sites is 2. The first-order chi connectivity index (χ1) is 12.9. The Kier molecular flexibility index (Phi) is 2.95. The Morgan fingerprint density at radius 1 is 0.615 bits per heavy atom. The molecule has 124 valence electrons. The first-order valence-corrected chi connectivity index (χ1v) is 10.1. The number of fused-ring (bicyclic) bond motifs is 7. The quantitative estimate of drug-likeness (QED) is 0.216. The van der Waals surface area contributed by atoms with Crippen molar-refractivity contribution in [2.24, 2.45) is 0 Å². The fraction of sp³-hybridized carbons (Fsp3) is 0. The van der Waals surface area contributed by atoms with Gasteiger partial charge < -0.3 is 9.40 Å². The molecule has 2 aromatic heterocycles. The van der Waals surface area contributed by atoms with Crippen LogP contribution in [-0.4, -0.2) is 4.98 Å². The van der Waals surface area contributed by atoms with Crippen molar-refractivity contribution in [3.63, 3.8) is 0 Å². The molecule has 0 spiro atoms. The van der Waals surface area contributed by atoms with Crippen molar-refractivity contribution in [1.82, 2.24) is 4.98 Å². The van der Waals surface area contributed by atoms with Gasteiger partial charge >= 0.3 is 0 Å². The number of nitrogens with one attached hydrogen (secondary N) is 1. The van der Waals surface area contributed by atoms with Gasteiger partial charge in [-0.1, -0.05) is 30.3 Å². The van der Waals surface area contributed by atoms with Gasteiger partial charge in [-0.25, -0.2) is 0 Å². The molecular weight excluding hydrogens is 358 g/mol. The van der Waals surface area contributed by atoms with E-state index in [2.05, 4.69) is 65.6 Å². The maximum absolute atomic E-state index is 6.14. The number of rotatable bonds is 0. The van der Waals surface area contributed by atoms with Gasteiger partial charge in [-0.3, -0.25) is 0 Å². The van der Waals surface area contributed by atoms with Crippen LogP contribution in [0.5, 0.6) is 0 Å². The largest absolute Gasteiger partial charge is 0.454 e. The molecule has 0 aliphatic heterocycles. The minimum Gasteiger partial charge on any atom is -0.454 e. The summed E-state index contributed by atoms with van der Waals surface area (Å²) in [4.78, 5) is 3.64. The van der Waals surface area contributed by atoms with Crippen LogP contribution in [0.3, 0.4) is 0 Å². The summed E-state index contributed by atoms with van der Waals surface area (Å²) in [6.07, 6.45) is 0. The van der Waals surface area contributed by atoms with Crippen LogP contribution >= 0.6 is 22.7 Å². The summed E-state index contributed by atoms with van der Waals surface area (Å²) in [6, 6.07) is 25.4. The fourth-order valence-electron chi connectivity index (χ4n) is 3.50. The molecule has 0 atom stereocenters. The van der Waals surface area contributed by atoms with Crippen molar-refractivity contribution in [3.05, 3.63) is 72.8 Å². The van der Waals surface area contributed by atoms with E-state index < -0.39 is 0 Å². The van der Waals surface area contributed by atoms with E-state index in [9.17, 15) is 0 Å². The Morgan fingerprint density at radius 2 is 1.42 bits per heavy atom. The average molecular weight is 371 g/mol. The molecule has 0 unspecified atom stereocenters. The maximum Gasteiger partial charge on any atom is 0.145 e. The first kappa shape index (κ1) is 14.4. The van der Waals surface area contributed by atoms with Crippen molar-refractivity contribution < 1.29 is 4.42 Å². The van der Waals surface area contributed by atoms with E-state index in [0.717, 1.165) is 15.9 Å². The second-order valence-corrected chi connectivity index (χ2v) is 8.44. The number of hydrogen-bond donors (Lipinski definition) is 1. The lowest BCUT2D eigenvalue weighted by atomic mass is 10.1.